The van der Waals surface area contributed by atoms with Crippen LogP contribution in [0.1, 0.15) is 33.1 Å². The van der Waals surface area contributed by atoms with E-state index in [1.54, 1.807) is 0 Å². The molecule has 0 bridgehead atoms. The number of fused-ring (bicyclic) bond motifs is 1. The number of amides is 1. The zero-order valence-corrected chi connectivity index (χ0v) is 19.6. The second-order valence-corrected chi connectivity index (χ2v) is 9.13. The van der Waals surface area contributed by atoms with Crippen molar-refractivity contribution >= 4 is 27.5 Å². The summed E-state index contributed by atoms with van der Waals surface area (Å²) in [6.07, 6.45) is 1.03. The number of hydrogen-bond acceptors (Lipinski definition) is 3. The largest absolute Gasteiger partial charge is 0.378 e. The Balaban J connectivity index is 1.56. The van der Waals surface area contributed by atoms with Crippen molar-refractivity contribution in [2.24, 2.45) is 0 Å². The first kappa shape index (κ1) is 21.6. The highest BCUT2D eigenvalue weighted by atomic mass is 79.9. The van der Waals surface area contributed by atoms with Crippen LogP contribution in [0.3, 0.4) is 0 Å². The van der Waals surface area contributed by atoms with E-state index < -0.39 is 0 Å². The Morgan fingerprint density at radius 2 is 1.77 bits per heavy atom. The van der Waals surface area contributed by atoms with Crippen LogP contribution in [0, 0.1) is 0 Å². The number of benzene rings is 3. The summed E-state index contributed by atoms with van der Waals surface area (Å²) in [6, 6.07) is 25.0. The average Bonchev–Trinajstić information content (AvgIpc) is 2.79. The number of carbonyl (C=O) groups excluding carboxylic acids is 1. The maximum atomic E-state index is 12.8. The van der Waals surface area contributed by atoms with Crippen LogP contribution < -0.4 is 10.2 Å². The first-order valence-corrected chi connectivity index (χ1v) is 11.4. The molecule has 1 unspecified atom stereocenters. The van der Waals surface area contributed by atoms with Crippen LogP contribution in [0.25, 0.3) is 0 Å². The third-order valence-electron chi connectivity index (χ3n) is 5.94. The van der Waals surface area contributed by atoms with Crippen LogP contribution in [0.2, 0.25) is 0 Å². The summed E-state index contributed by atoms with van der Waals surface area (Å²) in [5.41, 5.74) is 5.87. The molecule has 1 aliphatic rings. The SMILES string of the molecule is CN(C)c1ccc(C(CNC(=O)c2cccc(Br)c2)N2CCc3ccccc3C2)cc1. The fourth-order valence-corrected chi connectivity index (χ4v) is 4.56. The van der Waals surface area contributed by atoms with E-state index in [-0.39, 0.29) is 11.9 Å². The number of anilines is 1. The molecule has 0 fully saturated rings. The first-order chi connectivity index (χ1) is 15.0. The Kier molecular flexibility index (Phi) is 6.73. The lowest BCUT2D eigenvalue weighted by molar-refractivity contribution is 0.0927. The highest BCUT2D eigenvalue weighted by Gasteiger charge is 2.25. The Hall–Kier alpha value is -2.63. The molecule has 1 heterocycles. The lowest BCUT2D eigenvalue weighted by Crippen LogP contribution is -2.40. The maximum absolute atomic E-state index is 12.8. The smallest absolute Gasteiger partial charge is 0.251 e. The monoisotopic (exact) mass is 477 g/mol. The molecule has 0 saturated heterocycles. The van der Waals surface area contributed by atoms with E-state index in [1.165, 1.54) is 22.4 Å². The van der Waals surface area contributed by atoms with Gasteiger partial charge in [-0.25, -0.2) is 0 Å². The lowest BCUT2D eigenvalue weighted by Gasteiger charge is -2.36. The molecule has 4 nitrogen and oxygen atoms in total. The molecule has 31 heavy (non-hydrogen) atoms. The van der Waals surface area contributed by atoms with Crippen molar-refractivity contribution in [3.8, 4) is 0 Å². The predicted octanol–water partition coefficient (Wildman–Crippen LogP) is 5.04. The Morgan fingerprint density at radius 1 is 1.03 bits per heavy atom. The Bertz CT molecular complexity index is 1050. The summed E-state index contributed by atoms with van der Waals surface area (Å²) in [5, 5.41) is 3.17. The number of carbonyl (C=O) groups is 1. The fourth-order valence-electron chi connectivity index (χ4n) is 4.16. The fraction of sp³-hybridized carbons (Fsp3) is 0.269. The summed E-state index contributed by atoms with van der Waals surface area (Å²) in [6.45, 7) is 2.43. The molecule has 1 aliphatic heterocycles. The second-order valence-electron chi connectivity index (χ2n) is 8.21. The highest BCUT2D eigenvalue weighted by Crippen LogP contribution is 2.29. The van der Waals surface area contributed by atoms with E-state index in [0.717, 1.165) is 24.0 Å². The van der Waals surface area contributed by atoms with Gasteiger partial charge in [0.05, 0.1) is 6.04 Å². The average molecular weight is 478 g/mol. The summed E-state index contributed by atoms with van der Waals surface area (Å²) in [4.78, 5) is 17.4. The topological polar surface area (TPSA) is 35.6 Å². The number of rotatable bonds is 6. The minimum Gasteiger partial charge on any atom is -0.378 e. The number of nitrogens with zero attached hydrogens (tertiary/aromatic N) is 2. The van der Waals surface area contributed by atoms with Gasteiger partial charge < -0.3 is 10.2 Å². The maximum Gasteiger partial charge on any atom is 0.251 e. The molecule has 0 radical (unpaired) electrons. The van der Waals surface area contributed by atoms with Crippen molar-refractivity contribution in [1.29, 1.82) is 0 Å². The van der Waals surface area contributed by atoms with Gasteiger partial charge in [-0.1, -0.05) is 58.4 Å². The van der Waals surface area contributed by atoms with Gasteiger partial charge in [-0.2, -0.15) is 0 Å². The van der Waals surface area contributed by atoms with Gasteiger partial charge in [0.25, 0.3) is 5.91 Å². The third-order valence-corrected chi connectivity index (χ3v) is 6.43. The molecule has 160 valence electrons. The summed E-state index contributed by atoms with van der Waals surface area (Å²) < 4.78 is 0.906. The molecular formula is C26H28BrN3O. The number of halogens is 1. The van der Waals surface area contributed by atoms with Crippen molar-refractivity contribution in [2.45, 2.75) is 19.0 Å². The van der Waals surface area contributed by atoms with Crippen molar-refractivity contribution in [2.75, 3.05) is 32.1 Å². The summed E-state index contributed by atoms with van der Waals surface area (Å²) in [5.74, 6) is -0.0476. The first-order valence-electron chi connectivity index (χ1n) is 10.6. The van der Waals surface area contributed by atoms with E-state index in [0.29, 0.717) is 12.1 Å². The van der Waals surface area contributed by atoms with Crippen LogP contribution >= 0.6 is 15.9 Å². The van der Waals surface area contributed by atoms with Crippen LogP contribution in [0.15, 0.2) is 77.3 Å². The molecule has 4 rings (SSSR count). The minimum absolute atomic E-state index is 0.0476. The predicted molar refractivity (Wildman–Crippen MR) is 131 cm³/mol. The molecule has 0 saturated carbocycles. The molecule has 5 heteroatoms. The van der Waals surface area contributed by atoms with Gasteiger partial charge in [0, 0.05) is 49.5 Å². The zero-order valence-electron chi connectivity index (χ0n) is 18.0. The van der Waals surface area contributed by atoms with E-state index in [2.05, 4.69) is 79.6 Å². The van der Waals surface area contributed by atoms with E-state index in [1.807, 2.05) is 38.4 Å². The normalized spacial score (nSPS) is 14.5. The van der Waals surface area contributed by atoms with Crippen molar-refractivity contribution in [1.82, 2.24) is 10.2 Å². The summed E-state index contributed by atoms with van der Waals surface area (Å²) >= 11 is 3.45. The number of nitrogens with one attached hydrogen (secondary N) is 1. The summed E-state index contributed by atoms with van der Waals surface area (Å²) in [7, 11) is 4.10. The lowest BCUT2D eigenvalue weighted by atomic mass is 9.96. The molecule has 1 amide bonds. The molecule has 0 spiro atoms. The van der Waals surface area contributed by atoms with Crippen molar-refractivity contribution in [3.05, 3.63) is 99.5 Å². The second kappa shape index (κ2) is 9.67. The van der Waals surface area contributed by atoms with Gasteiger partial charge in [0.2, 0.25) is 0 Å². The van der Waals surface area contributed by atoms with Gasteiger partial charge in [0.1, 0.15) is 0 Å². The Labute approximate surface area is 193 Å². The molecule has 0 aromatic heterocycles. The molecule has 3 aromatic rings. The van der Waals surface area contributed by atoms with Gasteiger partial charge in [-0.05, 0) is 53.4 Å². The van der Waals surface area contributed by atoms with Crippen LogP contribution in [-0.2, 0) is 13.0 Å². The van der Waals surface area contributed by atoms with E-state index in [4.69, 9.17) is 0 Å². The highest BCUT2D eigenvalue weighted by molar-refractivity contribution is 9.10. The van der Waals surface area contributed by atoms with Gasteiger partial charge in [0.15, 0.2) is 0 Å². The zero-order chi connectivity index (χ0) is 21.8. The van der Waals surface area contributed by atoms with Gasteiger partial charge >= 0.3 is 0 Å². The van der Waals surface area contributed by atoms with Gasteiger partial charge in [-0.15, -0.1) is 0 Å². The van der Waals surface area contributed by atoms with Crippen molar-refractivity contribution < 1.29 is 4.79 Å². The van der Waals surface area contributed by atoms with Crippen LogP contribution in [0.4, 0.5) is 5.69 Å². The van der Waals surface area contributed by atoms with Crippen molar-refractivity contribution in [3.63, 3.8) is 0 Å². The van der Waals surface area contributed by atoms with E-state index in [9.17, 15) is 4.79 Å². The third kappa shape index (κ3) is 5.17. The molecule has 3 aromatic carbocycles. The molecule has 0 aliphatic carbocycles. The minimum atomic E-state index is -0.0476. The van der Waals surface area contributed by atoms with Crippen LogP contribution in [-0.4, -0.2) is 38.0 Å². The van der Waals surface area contributed by atoms with Gasteiger partial charge in [-0.3, -0.25) is 9.69 Å². The Morgan fingerprint density at radius 3 is 2.48 bits per heavy atom. The molecular weight excluding hydrogens is 450 g/mol. The standard InChI is InChI=1S/C26H28BrN3O/c1-29(2)24-12-10-20(11-13-24)25(17-28-26(31)21-8-5-9-23(27)16-21)30-15-14-19-6-3-4-7-22(19)18-30/h3-13,16,25H,14-15,17-18H2,1-2H3,(H,28,31). The van der Waals surface area contributed by atoms with E-state index >= 15 is 0 Å². The number of hydrogen-bond donors (Lipinski definition) is 1. The quantitative estimate of drug-likeness (QED) is 0.539. The molecule has 1 atom stereocenters. The van der Waals surface area contributed by atoms with Crippen LogP contribution in [0.5, 0.6) is 0 Å². The molecule has 1 N–H and O–H groups in total.